The van der Waals surface area contributed by atoms with Crippen molar-refractivity contribution in [3.63, 3.8) is 0 Å². The number of carbonyl (C=O) groups is 2. The number of aromatic nitrogens is 4. The molecule has 4 rings (SSSR count). The maximum absolute atomic E-state index is 10.4. The van der Waals surface area contributed by atoms with Crippen molar-refractivity contribution in [3.8, 4) is 0 Å². The Balaban J connectivity index is 0.000000173. The number of aromatic carboxylic acids is 2. The van der Waals surface area contributed by atoms with Crippen LogP contribution < -0.4 is 10.2 Å². The van der Waals surface area contributed by atoms with Crippen molar-refractivity contribution in [3.05, 3.63) is 60.2 Å². The normalized spacial score (nSPS) is 9.92. The van der Waals surface area contributed by atoms with Crippen LogP contribution in [0.5, 0.6) is 0 Å². The standard InChI is InChI=1S/2C8H6N2O2.Zn/c2*11-8(12)7-9-5-3-1-2-4-6(5)10-7;/h2*1-4H,(H,9,10)(H,11,12);/q;;+2/p-2. The molecule has 2 aromatic heterocycles. The summed E-state index contributed by atoms with van der Waals surface area (Å²) in [6.45, 7) is 0. The summed E-state index contributed by atoms with van der Waals surface area (Å²) >= 11 is 0. The molecule has 25 heavy (non-hydrogen) atoms. The van der Waals surface area contributed by atoms with Gasteiger partial charge in [-0.15, -0.1) is 0 Å². The summed E-state index contributed by atoms with van der Waals surface area (Å²) in [7, 11) is 0. The van der Waals surface area contributed by atoms with Crippen LogP contribution in [0.25, 0.3) is 22.1 Å². The molecular formula is C16H10N4O4Zn. The van der Waals surface area contributed by atoms with E-state index in [1.165, 1.54) is 0 Å². The van der Waals surface area contributed by atoms with E-state index in [4.69, 9.17) is 0 Å². The van der Waals surface area contributed by atoms with Crippen LogP contribution in [-0.4, -0.2) is 31.9 Å². The van der Waals surface area contributed by atoms with Gasteiger partial charge < -0.3 is 29.8 Å². The predicted molar refractivity (Wildman–Crippen MR) is 80.8 cm³/mol. The molecule has 4 aromatic rings. The maximum Gasteiger partial charge on any atom is 2.00 e. The third kappa shape index (κ3) is 4.08. The van der Waals surface area contributed by atoms with Gasteiger partial charge in [0.2, 0.25) is 0 Å². The summed E-state index contributed by atoms with van der Waals surface area (Å²) < 4.78 is 0. The third-order valence-electron chi connectivity index (χ3n) is 3.17. The number of fused-ring (bicyclic) bond motifs is 2. The Kier molecular flexibility index (Phi) is 5.61. The molecule has 120 valence electrons. The van der Waals surface area contributed by atoms with E-state index in [2.05, 4.69) is 19.9 Å². The number of hydrogen-bond acceptors (Lipinski definition) is 6. The number of aromatic amines is 2. The largest absolute Gasteiger partial charge is 2.00 e. The number of H-pyrrole nitrogens is 2. The van der Waals surface area contributed by atoms with E-state index < -0.39 is 11.9 Å². The van der Waals surface area contributed by atoms with E-state index in [0.29, 0.717) is 22.1 Å². The molecule has 2 heterocycles. The Hall–Kier alpha value is -3.06. The van der Waals surface area contributed by atoms with Crippen molar-refractivity contribution in [1.29, 1.82) is 0 Å². The molecule has 0 spiro atoms. The first-order valence-corrected chi connectivity index (χ1v) is 6.87. The number of rotatable bonds is 2. The van der Waals surface area contributed by atoms with Crippen LogP contribution in [0.3, 0.4) is 0 Å². The van der Waals surface area contributed by atoms with E-state index in [9.17, 15) is 19.8 Å². The van der Waals surface area contributed by atoms with Crippen molar-refractivity contribution in [2.45, 2.75) is 0 Å². The zero-order chi connectivity index (χ0) is 17.1. The van der Waals surface area contributed by atoms with Gasteiger partial charge >= 0.3 is 19.5 Å². The SMILES string of the molecule is O=C([O-])c1nc2ccccc2[nH]1.O=C([O-])c1nc2ccccc2[nH]1.[Zn+2]. The number of imidazole rings is 2. The molecule has 0 unspecified atom stereocenters. The summed E-state index contributed by atoms with van der Waals surface area (Å²) in [6, 6.07) is 14.2. The average Bonchev–Trinajstić information content (AvgIpc) is 3.19. The number of benzene rings is 2. The second-order valence-corrected chi connectivity index (χ2v) is 4.78. The quantitative estimate of drug-likeness (QED) is 0.459. The first kappa shape index (κ1) is 18.3. The molecule has 0 saturated heterocycles. The molecule has 0 saturated carbocycles. The van der Waals surface area contributed by atoms with E-state index in [1.54, 1.807) is 48.5 Å². The summed E-state index contributed by atoms with van der Waals surface area (Å²) in [5.41, 5.74) is 2.68. The molecule has 0 fully saturated rings. The van der Waals surface area contributed by atoms with E-state index in [1.807, 2.05) is 0 Å². The molecule has 0 aliphatic carbocycles. The fraction of sp³-hybridized carbons (Fsp3) is 0. The van der Waals surface area contributed by atoms with Crippen molar-refractivity contribution in [2.24, 2.45) is 0 Å². The molecule has 0 atom stereocenters. The minimum Gasteiger partial charge on any atom is -0.542 e. The minimum absolute atomic E-state index is 0. The number of carbonyl (C=O) groups excluding carboxylic acids is 2. The van der Waals surface area contributed by atoms with Gasteiger partial charge in [-0.1, -0.05) is 24.3 Å². The predicted octanol–water partition coefficient (Wildman–Crippen LogP) is -0.150. The second-order valence-electron chi connectivity index (χ2n) is 4.78. The fourth-order valence-corrected chi connectivity index (χ4v) is 2.10. The number of para-hydroxylation sites is 4. The van der Waals surface area contributed by atoms with Crippen LogP contribution in [0.15, 0.2) is 48.5 Å². The van der Waals surface area contributed by atoms with Crippen LogP contribution in [0.1, 0.15) is 21.2 Å². The molecule has 0 amide bonds. The smallest absolute Gasteiger partial charge is 0.542 e. The molecular weight excluding hydrogens is 378 g/mol. The van der Waals surface area contributed by atoms with Crippen molar-refractivity contribution >= 4 is 34.0 Å². The van der Waals surface area contributed by atoms with Crippen LogP contribution >= 0.6 is 0 Å². The van der Waals surface area contributed by atoms with Crippen molar-refractivity contribution in [1.82, 2.24) is 19.9 Å². The number of nitrogens with one attached hydrogen (secondary N) is 2. The summed E-state index contributed by atoms with van der Waals surface area (Å²) in [6.07, 6.45) is 0. The molecule has 8 nitrogen and oxygen atoms in total. The number of hydrogen-bond donors (Lipinski definition) is 2. The van der Waals surface area contributed by atoms with Gasteiger partial charge in [0.1, 0.15) is 11.9 Å². The molecule has 0 aliphatic heterocycles. The van der Waals surface area contributed by atoms with Crippen molar-refractivity contribution < 1.29 is 39.3 Å². The van der Waals surface area contributed by atoms with Crippen LogP contribution in [0.2, 0.25) is 0 Å². The molecule has 0 aliphatic rings. The monoisotopic (exact) mass is 386 g/mol. The summed E-state index contributed by atoms with van der Waals surface area (Å²) in [5.74, 6) is -2.83. The Morgan fingerprint density at radius 2 is 1.08 bits per heavy atom. The molecule has 2 aromatic carbocycles. The Bertz CT molecular complexity index is 891. The van der Waals surface area contributed by atoms with Gasteiger partial charge in [0.25, 0.3) is 0 Å². The zero-order valence-corrected chi connectivity index (χ0v) is 15.8. The summed E-state index contributed by atoms with van der Waals surface area (Å²) in [4.78, 5) is 33.6. The Labute approximate surface area is 153 Å². The van der Waals surface area contributed by atoms with E-state index >= 15 is 0 Å². The molecule has 0 radical (unpaired) electrons. The molecule has 9 heteroatoms. The van der Waals surface area contributed by atoms with Gasteiger partial charge in [-0.3, -0.25) is 0 Å². The van der Waals surface area contributed by atoms with Crippen LogP contribution in [-0.2, 0) is 19.5 Å². The summed E-state index contributed by atoms with van der Waals surface area (Å²) in [5, 5.41) is 20.7. The number of carboxylic acids is 2. The molecule has 0 bridgehead atoms. The Morgan fingerprint density at radius 1 is 0.720 bits per heavy atom. The fourth-order valence-electron chi connectivity index (χ4n) is 2.10. The van der Waals surface area contributed by atoms with Gasteiger partial charge in [-0.25, -0.2) is 9.97 Å². The Morgan fingerprint density at radius 3 is 1.40 bits per heavy atom. The zero-order valence-electron chi connectivity index (χ0n) is 12.9. The average molecular weight is 388 g/mol. The number of carboxylic acid groups (broad SMARTS) is 2. The van der Waals surface area contributed by atoms with Gasteiger partial charge in [-0.05, 0) is 24.3 Å². The topological polar surface area (TPSA) is 138 Å². The van der Waals surface area contributed by atoms with Gasteiger partial charge in [-0.2, -0.15) is 0 Å². The molecule has 2 N–H and O–H groups in total. The minimum atomic E-state index is -1.29. The van der Waals surface area contributed by atoms with Crippen LogP contribution in [0.4, 0.5) is 0 Å². The second kappa shape index (κ2) is 7.68. The van der Waals surface area contributed by atoms with Crippen LogP contribution in [0, 0.1) is 0 Å². The third-order valence-corrected chi connectivity index (χ3v) is 3.17. The van der Waals surface area contributed by atoms with Gasteiger partial charge in [0.05, 0.1) is 22.1 Å². The maximum atomic E-state index is 10.4. The van der Waals surface area contributed by atoms with Gasteiger partial charge in [0, 0.05) is 0 Å². The van der Waals surface area contributed by atoms with E-state index in [0.717, 1.165) is 0 Å². The van der Waals surface area contributed by atoms with E-state index in [-0.39, 0.29) is 31.1 Å². The first-order chi connectivity index (χ1) is 11.5. The van der Waals surface area contributed by atoms with Crippen molar-refractivity contribution in [2.75, 3.05) is 0 Å². The number of nitrogens with zero attached hydrogens (tertiary/aromatic N) is 2. The van der Waals surface area contributed by atoms with Gasteiger partial charge in [0.15, 0.2) is 11.6 Å². The first-order valence-electron chi connectivity index (χ1n) is 6.87.